The zero-order valence-corrected chi connectivity index (χ0v) is 11.8. The van der Waals surface area contributed by atoms with Crippen LogP contribution in [0.2, 0.25) is 0 Å². The fraction of sp³-hybridized carbons (Fsp3) is 0.364. The molecular formula is C11H15N5O2S. The van der Waals surface area contributed by atoms with E-state index in [1.165, 1.54) is 4.80 Å². The highest BCUT2D eigenvalue weighted by Crippen LogP contribution is 2.18. The second-order valence-corrected chi connectivity index (χ2v) is 5.83. The van der Waals surface area contributed by atoms with Gasteiger partial charge in [-0.15, -0.1) is 5.10 Å². The van der Waals surface area contributed by atoms with E-state index in [4.69, 9.17) is 0 Å². The molecule has 1 N–H and O–H groups in total. The summed E-state index contributed by atoms with van der Waals surface area (Å²) >= 11 is 0. The highest BCUT2D eigenvalue weighted by Gasteiger charge is 2.19. The van der Waals surface area contributed by atoms with Gasteiger partial charge < -0.3 is 0 Å². The Kier molecular flexibility index (Phi) is 3.52. The van der Waals surface area contributed by atoms with Crippen LogP contribution in [0.15, 0.2) is 23.1 Å². The number of anilines is 1. The highest BCUT2D eigenvalue weighted by molar-refractivity contribution is 7.92. The third kappa shape index (κ3) is 2.90. The Hall–Kier alpha value is -1.96. The van der Waals surface area contributed by atoms with Gasteiger partial charge in [0.15, 0.2) is 0 Å². The summed E-state index contributed by atoms with van der Waals surface area (Å²) in [5, 5.41) is 11.2. The Morgan fingerprint density at radius 1 is 1.32 bits per heavy atom. The summed E-state index contributed by atoms with van der Waals surface area (Å²) in [5.41, 5.74) is 1.68. The molecule has 7 nitrogen and oxygen atoms in total. The van der Waals surface area contributed by atoms with E-state index in [1.54, 1.807) is 19.1 Å². The lowest BCUT2D eigenvalue weighted by Gasteiger charge is -2.07. The zero-order valence-electron chi connectivity index (χ0n) is 11.0. The minimum atomic E-state index is -3.68. The number of aromatic nitrogens is 4. The van der Waals surface area contributed by atoms with Crippen molar-refractivity contribution in [1.29, 1.82) is 0 Å². The Morgan fingerprint density at radius 2 is 2.05 bits per heavy atom. The molecular weight excluding hydrogens is 266 g/mol. The molecule has 0 amide bonds. The standard InChI is InChI=1S/C11H15N5O2S/c1-4-16-13-11(12-15-16)14-19(17,18)10-6-5-8(2)7-9(10)3/h5-7H,4H2,1-3H3,(H,13,14). The average Bonchev–Trinajstić information content (AvgIpc) is 2.75. The van der Waals surface area contributed by atoms with Gasteiger partial charge in [0.1, 0.15) is 0 Å². The molecule has 0 atom stereocenters. The predicted molar refractivity (Wildman–Crippen MR) is 70.2 cm³/mol. The van der Waals surface area contributed by atoms with Gasteiger partial charge in [-0.2, -0.15) is 4.80 Å². The number of tetrazole rings is 1. The molecule has 2 aromatic rings. The lowest BCUT2D eigenvalue weighted by Crippen LogP contribution is -2.15. The normalized spacial score (nSPS) is 11.5. The molecule has 0 fully saturated rings. The van der Waals surface area contributed by atoms with E-state index in [-0.39, 0.29) is 10.8 Å². The summed E-state index contributed by atoms with van der Waals surface area (Å²) in [4.78, 5) is 1.52. The van der Waals surface area contributed by atoms with Gasteiger partial charge in [0, 0.05) is 0 Å². The van der Waals surface area contributed by atoms with Crippen LogP contribution >= 0.6 is 0 Å². The first-order valence-electron chi connectivity index (χ1n) is 5.80. The van der Waals surface area contributed by atoms with E-state index < -0.39 is 10.0 Å². The average molecular weight is 281 g/mol. The van der Waals surface area contributed by atoms with Crippen LogP contribution in [0, 0.1) is 13.8 Å². The van der Waals surface area contributed by atoms with Crippen molar-refractivity contribution in [2.75, 3.05) is 4.72 Å². The van der Waals surface area contributed by atoms with Gasteiger partial charge in [0.05, 0.1) is 11.4 Å². The highest BCUT2D eigenvalue weighted by atomic mass is 32.2. The van der Waals surface area contributed by atoms with E-state index in [1.807, 2.05) is 19.9 Å². The van der Waals surface area contributed by atoms with Crippen LogP contribution in [0.25, 0.3) is 0 Å². The van der Waals surface area contributed by atoms with Gasteiger partial charge in [0.25, 0.3) is 16.0 Å². The SMILES string of the molecule is CCn1nnc(NS(=O)(=O)c2ccc(C)cc2C)n1. The Bertz CT molecular complexity index is 693. The van der Waals surface area contributed by atoms with E-state index in [0.29, 0.717) is 12.1 Å². The first kappa shape index (κ1) is 13.5. The number of nitrogens with zero attached hydrogens (tertiary/aromatic N) is 4. The molecule has 0 unspecified atom stereocenters. The second-order valence-electron chi connectivity index (χ2n) is 4.18. The van der Waals surface area contributed by atoms with Crippen LogP contribution in [0.1, 0.15) is 18.1 Å². The Morgan fingerprint density at radius 3 is 2.63 bits per heavy atom. The van der Waals surface area contributed by atoms with Crippen molar-refractivity contribution < 1.29 is 8.42 Å². The molecule has 0 bridgehead atoms. The van der Waals surface area contributed by atoms with Crippen molar-refractivity contribution >= 4 is 16.0 Å². The maximum atomic E-state index is 12.2. The fourth-order valence-electron chi connectivity index (χ4n) is 1.69. The molecule has 2 rings (SSSR count). The Balaban J connectivity index is 2.32. The summed E-state index contributed by atoms with van der Waals surface area (Å²) in [6.45, 7) is 6.02. The molecule has 0 saturated carbocycles. The van der Waals surface area contributed by atoms with Crippen molar-refractivity contribution in [3.63, 3.8) is 0 Å². The van der Waals surface area contributed by atoms with Crippen molar-refractivity contribution in [2.45, 2.75) is 32.2 Å². The minimum absolute atomic E-state index is 0.0261. The van der Waals surface area contributed by atoms with Crippen molar-refractivity contribution in [3.8, 4) is 0 Å². The van der Waals surface area contributed by atoms with Crippen LogP contribution in [-0.4, -0.2) is 28.6 Å². The van der Waals surface area contributed by atoms with Gasteiger partial charge in [-0.3, -0.25) is 0 Å². The molecule has 0 aliphatic rings. The van der Waals surface area contributed by atoms with Crippen molar-refractivity contribution in [1.82, 2.24) is 20.2 Å². The van der Waals surface area contributed by atoms with Crippen LogP contribution in [-0.2, 0) is 16.6 Å². The number of rotatable bonds is 4. The van der Waals surface area contributed by atoms with Crippen LogP contribution < -0.4 is 4.72 Å². The molecule has 0 saturated heterocycles. The van der Waals surface area contributed by atoms with E-state index in [0.717, 1.165) is 5.56 Å². The number of aryl methyl sites for hydroxylation is 3. The lowest BCUT2D eigenvalue weighted by atomic mass is 10.2. The number of hydrogen-bond donors (Lipinski definition) is 1. The quantitative estimate of drug-likeness (QED) is 0.906. The molecule has 8 heteroatoms. The van der Waals surface area contributed by atoms with Gasteiger partial charge in [-0.05, 0) is 37.6 Å². The van der Waals surface area contributed by atoms with E-state index in [9.17, 15) is 8.42 Å². The lowest BCUT2D eigenvalue weighted by molar-refractivity contribution is 0.553. The van der Waals surface area contributed by atoms with E-state index in [2.05, 4.69) is 20.1 Å². The van der Waals surface area contributed by atoms with Crippen molar-refractivity contribution in [2.24, 2.45) is 0 Å². The third-order valence-corrected chi connectivity index (χ3v) is 4.07. The van der Waals surface area contributed by atoms with Gasteiger partial charge >= 0.3 is 0 Å². The molecule has 0 aliphatic carbocycles. The third-order valence-electron chi connectivity index (χ3n) is 2.58. The molecule has 1 aromatic heterocycles. The molecule has 1 heterocycles. The monoisotopic (exact) mass is 281 g/mol. The molecule has 1 aromatic carbocycles. The summed E-state index contributed by atoms with van der Waals surface area (Å²) in [7, 11) is -3.68. The first-order chi connectivity index (χ1) is 8.92. The van der Waals surface area contributed by atoms with Crippen molar-refractivity contribution in [3.05, 3.63) is 29.3 Å². The number of sulfonamides is 1. The minimum Gasteiger partial charge on any atom is -0.245 e. The zero-order chi connectivity index (χ0) is 14.0. The number of nitrogens with one attached hydrogen (secondary N) is 1. The summed E-state index contributed by atoms with van der Waals surface area (Å²) < 4.78 is 26.7. The summed E-state index contributed by atoms with van der Waals surface area (Å²) in [5.74, 6) is -0.0261. The topological polar surface area (TPSA) is 89.8 Å². The van der Waals surface area contributed by atoms with Gasteiger partial charge in [0.2, 0.25) is 0 Å². The summed E-state index contributed by atoms with van der Waals surface area (Å²) in [6.07, 6.45) is 0. The van der Waals surface area contributed by atoms with Crippen LogP contribution in [0.3, 0.4) is 0 Å². The largest absolute Gasteiger partial charge is 0.277 e. The van der Waals surface area contributed by atoms with Crippen LogP contribution in [0.4, 0.5) is 5.95 Å². The predicted octanol–water partition coefficient (Wildman–Crippen LogP) is 1.11. The number of hydrogen-bond acceptors (Lipinski definition) is 5. The summed E-state index contributed by atoms with van der Waals surface area (Å²) in [6, 6.07) is 5.13. The maximum absolute atomic E-state index is 12.2. The van der Waals surface area contributed by atoms with E-state index >= 15 is 0 Å². The second kappa shape index (κ2) is 4.96. The molecule has 0 spiro atoms. The Labute approximate surface area is 111 Å². The maximum Gasteiger partial charge on any atom is 0.277 e. The van der Waals surface area contributed by atoms with Gasteiger partial charge in [-0.1, -0.05) is 22.8 Å². The molecule has 102 valence electrons. The molecule has 19 heavy (non-hydrogen) atoms. The van der Waals surface area contributed by atoms with Gasteiger partial charge in [-0.25, -0.2) is 13.1 Å². The fourth-order valence-corrected chi connectivity index (χ4v) is 2.86. The van der Waals surface area contributed by atoms with Crippen LogP contribution in [0.5, 0.6) is 0 Å². The number of benzene rings is 1. The molecule has 0 aliphatic heterocycles. The smallest absolute Gasteiger partial charge is 0.245 e. The molecule has 0 radical (unpaired) electrons. The first-order valence-corrected chi connectivity index (χ1v) is 7.28.